The molecule has 2 heterocycles. The lowest BCUT2D eigenvalue weighted by Crippen LogP contribution is -2.66. The van der Waals surface area contributed by atoms with Gasteiger partial charge in [-0.05, 0) is 17.7 Å². The fourth-order valence-corrected chi connectivity index (χ4v) is 5.30. The van der Waals surface area contributed by atoms with Crippen LogP contribution in [0.25, 0.3) is 0 Å². The predicted octanol–water partition coefficient (Wildman–Crippen LogP) is 0.459. The van der Waals surface area contributed by atoms with Crippen molar-refractivity contribution in [1.82, 2.24) is 0 Å². The van der Waals surface area contributed by atoms with Crippen LogP contribution < -0.4 is 4.74 Å². The molecule has 0 unspecified atom stereocenters. The van der Waals surface area contributed by atoms with Crippen molar-refractivity contribution in [3.63, 3.8) is 0 Å². The molecule has 3 rings (SSSR count). The smallest absolute Gasteiger partial charge is 0.303 e. The number of aliphatic hydroxyl groups excluding tert-OH is 1. The van der Waals surface area contributed by atoms with Crippen LogP contribution in [0.15, 0.2) is 24.3 Å². The van der Waals surface area contributed by atoms with E-state index in [1.165, 1.54) is 7.11 Å². The maximum Gasteiger partial charge on any atom is 0.303 e. The van der Waals surface area contributed by atoms with Crippen molar-refractivity contribution < 1.29 is 81.2 Å². The van der Waals surface area contributed by atoms with Crippen molar-refractivity contribution in [3.8, 4) is 5.75 Å². The van der Waals surface area contributed by atoms with Gasteiger partial charge in [-0.1, -0.05) is 12.1 Å². The van der Waals surface area contributed by atoms with Gasteiger partial charge < -0.3 is 52.5 Å². The summed E-state index contributed by atoms with van der Waals surface area (Å²) in [5.41, 5.74) is 0.395. The number of methoxy groups -OCH3 is 1. The molecule has 0 bridgehead atoms. The number of esters is 6. The molecular weight excluding hydrogens is 644 g/mol. The highest BCUT2D eigenvalue weighted by Crippen LogP contribution is 2.39. The minimum atomic E-state index is -1.75. The minimum Gasteiger partial charge on any atom is -0.497 e. The van der Waals surface area contributed by atoms with E-state index in [4.69, 9.17) is 47.4 Å². The molecule has 0 saturated carbocycles. The van der Waals surface area contributed by atoms with E-state index in [1.54, 1.807) is 24.3 Å². The average Bonchev–Trinajstić information content (AvgIpc) is 2.99. The number of aliphatic hydroxyl groups is 1. The van der Waals surface area contributed by atoms with Crippen molar-refractivity contribution in [3.05, 3.63) is 29.8 Å². The van der Waals surface area contributed by atoms with Gasteiger partial charge >= 0.3 is 35.8 Å². The van der Waals surface area contributed by atoms with E-state index >= 15 is 0 Å². The molecule has 0 spiro atoms. The Bertz CT molecular complexity index is 1330. The molecule has 1 N–H and O–H groups in total. The third kappa shape index (κ3) is 10.3. The van der Waals surface area contributed by atoms with Crippen LogP contribution in [0.2, 0.25) is 0 Å². The monoisotopic (exact) mass is 684 g/mol. The van der Waals surface area contributed by atoms with E-state index < -0.39 is 110 Å². The average molecular weight is 685 g/mol. The summed E-state index contributed by atoms with van der Waals surface area (Å²) < 4.78 is 55.9. The van der Waals surface area contributed by atoms with Gasteiger partial charge in [0.15, 0.2) is 30.7 Å². The molecule has 2 fully saturated rings. The topological polar surface area (TPSA) is 215 Å². The Morgan fingerprint density at radius 3 is 1.62 bits per heavy atom. The third-order valence-electron chi connectivity index (χ3n) is 7.07. The van der Waals surface area contributed by atoms with Crippen molar-refractivity contribution in [2.24, 2.45) is 0 Å². The van der Waals surface area contributed by atoms with Gasteiger partial charge in [0.05, 0.1) is 7.11 Å². The number of benzene rings is 1. The first-order chi connectivity index (χ1) is 22.6. The molecule has 2 aliphatic rings. The summed E-state index contributed by atoms with van der Waals surface area (Å²) in [6.07, 6.45) is -14.9. The van der Waals surface area contributed by atoms with Crippen LogP contribution in [0.1, 0.15) is 53.2 Å². The van der Waals surface area contributed by atoms with Crippen LogP contribution in [0.3, 0.4) is 0 Å². The molecule has 1 aromatic rings. The second kappa shape index (κ2) is 17.2. The molecule has 0 amide bonds. The quantitative estimate of drug-likeness (QED) is 0.234. The summed E-state index contributed by atoms with van der Waals surface area (Å²) in [5, 5.41) is 11.8. The second-order valence-electron chi connectivity index (χ2n) is 10.9. The molecule has 10 atom stereocenters. The van der Waals surface area contributed by atoms with Gasteiger partial charge in [0, 0.05) is 41.5 Å². The van der Waals surface area contributed by atoms with Gasteiger partial charge in [-0.15, -0.1) is 0 Å². The molecule has 0 aliphatic carbocycles. The van der Waals surface area contributed by atoms with Gasteiger partial charge in [0.25, 0.3) is 0 Å². The van der Waals surface area contributed by atoms with E-state index in [2.05, 4.69) is 0 Å². The molecule has 17 heteroatoms. The van der Waals surface area contributed by atoms with E-state index in [1.807, 2.05) is 0 Å². The van der Waals surface area contributed by atoms with Crippen molar-refractivity contribution in [1.29, 1.82) is 0 Å². The number of rotatable bonds is 12. The first-order valence-electron chi connectivity index (χ1n) is 14.8. The molecule has 266 valence electrons. The maximum absolute atomic E-state index is 12.3. The van der Waals surface area contributed by atoms with Crippen LogP contribution >= 0.6 is 0 Å². The summed E-state index contributed by atoms with van der Waals surface area (Å²) in [6, 6.07) is 6.49. The predicted molar refractivity (Wildman–Crippen MR) is 156 cm³/mol. The summed E-state index contributed by atoms with van der Waals surface area (Å²) in [6.45, 7) is 5.56. The summed E-state index contributed by atoms with van der Waals surface area (Å²) in [7, 11) is 1.44. The lowest BCUT2D eigenvalue weighted by atomic mass is 9.90. The third-order valence-corrected chi connectivity index (χ3v) is 7.07. The standard InChI is InChI=1S/C31H40O17/c1-14(32)40-12-22-26(42-16(3)34)28(24(38)25(46-22)20-9-8-10-21(11-20)39-7)48-31-30(45-19(6)37)29(44-18(5)36)27(43-17(4)35)23(47-31)13-41-15(2)33/h8-11,22-31,38H,12-13H2,1-7H3/t22-,23-,24-,25-,26-,27-,28-,29-,30-,31-/m1/s1. The van der Waals surface area contributed by atoms with Crippen molar-refractivity contribution in [2.75, 3.05) is 20.3 Å². The van der Waals surface area contributed by atoms with Crippen LogP contribution in [0.4, 0.5) is 0 Å². The fourth-order valence-electron chi connectivity index (χ4n) is 5.30. The summed E-state index contributed by atoms with van der Waals surface area (Å²) in [5.74, 6) is -4.41. The Morgan fingerprint density at radius 2 is 1.12 bits per heavy atom. The van der Waals surface area contributed by atoms with E-state index in [9.17, 15) is 33.9 Å². The maximum atomic E-state index is 12.3. The van der Waals surface area contributed by atoms with Crippen LogP contribution in [-0.2, 0) is 71.4 Å². The number of hydrogen-bond donors (Lipinski definition) is 1. The molecule has 17 nitrogen and oxygen atoms in total. The van der Waals surface area contributed by atoms with Gasteiger partial charge in [0.1, 0.15) is 49.5 Å². The van der Waals surface area contributed by atoms with Gasteiger partial charge in [-0.25, -0.2) is 0 Å². The number of hydrogen-bond acceptors (Lipinski definition) is 17. The van der Waals surface area contributed by atoms with Gasteiger partial charge in [-0.3, -0.25) is 28.8 Å². The Hall–Kier alpha value is -4.32. The zero-order chi connectivity index (χ0) is 35.7. The highest BCUT2D eigenvalue weighted by Gasteiger charge is 2.56. The van der Waals surface area contributed by atoms with E-state index in [-0.39, 0.29) is 0 Å². The summed E-state index contributed by atoms with van der Waals surface area (Å²) >= 11 is 0. The van der Waals surface area contributed by atoms with Crippen LogP contribution in [-0.4, -0.2) is 116 Å². The Balaban J connectivity index is 2.15. The Morgan fingerprint density at radius 1 is 0.646 bits per heavy atom. The van der Waals surface area contributed by atoms with Crippen molar-refractivity contribution >= 4 is 35.8 Å². The molecule has 2 saturated heterocycles. The zero-order valence-electron chi connectivity index (χ0n) is 27.5. The molecule has 1 aromatic carbocycles. The molecule has 48 heavy (non-hydrogen) atoms. The summed E-state index contributed by atoms with van der Waals surface area (Å²) in [4.78, 5) is 72.5. The Labute approximate surface area is 275 Å². The Kier molecular flexibility index (Phi) is 13.7. The first kappa shape index (κ1) is 38.1. The number of ether oxygens (including phenoxy) is 10. The number of carbonyl (C=O) groups excluding carboxylic acids is 6. The molecular formula is C31H40O17. The highest BCUT2D eigenvalue weighted by molar-refractivity contribution is 5.69. The lowest BCUT2D eigenvalue weighted by molar-refractivity contribution is -0.345. The van der Waals surface area contributed by atoms with E-state index in [0.717, 1.165) is 41.5 Å². The van der Waals surface area contributed by atoms with Crippen LogP contribution in [0, 0.1) is 0 Å². The van der Waals surface area contributed by atoms with Gasteiger partial charge in [-0.2, -0.15) is 0 Å². The van der Waals surface area contributed by atoms with Crippen LogP contribution in [0.5, 0.6) is 5.75 Å². The fraction of sp³-hybridized carbons (Fsp3) is 0.613. The zero-order valence-corrected chi connectivity index (χ0v) is 27.5. The molecule has 0 radical (unpaired) electrons. The SMILES string of the molecule is COc1cccc([C@H]2O[C@H](COC(C)=O)[C@@H](OC(C)=O)[C@H](O[C@H]3O[C@H](COC(C)=O)[C@@H](OC(C)=O)[C@@H](OC(C)=O)[C@H]3OC(C)=O)[C@@H]2O)c1. The minimum absolute atomic E-state index is 0.395. The van der Waals surface area contributed by atoms with Gasteiger partial charge in [0.2, 0.25) is 0 Å². The second-order valence-corrected chi connectivity index (χ2v) is 10.9. The van der Waals surface area contributed by atoms with Crippen molar-refractivity contribution in [2.45, 2.75) is 103 Å². The van der Waals surface area contributed by atoms with E-state index in [0.29, 0.717) is 11.3 Å². The highest BCUT2D eigenvalue weighted by atomic mass is 16.7. The normalized spacial score (nSPS) is 29.8. The largest absolute Gasteiger partial charge is 0.497 e. The molecule has 0 aromatic heterocycles. The first-order valence-corrected chi connectivity index (χ1v) is 14.8. The lowest BCUT2D eigenvalue weighted by Gasteiger charge is -2.48. The number of carbonyl (C=O) groups is 6. The molecule has 2 aliphatic heterocycles.